The molecule has 2 heterocycles. The third kappa shape index (κ3) is 4.41. The van der Waals surface area contributed by atoms with Gasteiger partial charge in [0.1, 0.15) is 16.5 Å². The smallest absolute Gasteiger partial charge is 0.185 e. The maximum Gasteiger partial charge on any atom is 0.185 e. The molecule has 154 valence electrons. The number of benzene rings is 2. The van der Waals surface area contributed by atoms with E-state index in [4.69, 9.17) is 26.4 Å². The van der Waals surface area contributed by atoms with Crippen molar-refractivity contribution >= 4 is 50.6 Å². The first kappa shape index (κ1) is 21.0. The van der Waals surface area contributed by atoms with E-state index < -0.39 is 0 Å². The van der Waals surface area contributed by atoms with Crippen LogP contribution in [0.15, 0.2) is 64.7 Å². The first-order valence-corrected chi connectivity index (χ1v) is 12.0. The van der Waals surface area contributed by atoms with Gasteiger partial charge in [-0.05, 0) is 48.6 Å². The number of rotatable bonds is 5. The molecule has 4 rings (SSSR count). The van der Waals surface area contributed by atoms with Gasteiger partial charge in [-0.25, -0.2) is 10.0 Å². The third-order valence-corrected chi connectivity index (χ3v) is 6.89. The van der Waals surface area contributed by atoms with Crippen molar-refractivity contribution in [2.24, 2.45) is 10.1 Å². The molecule has 7 heteroatoms. The van der Waals surface area contributed by atoms with Crippen LogP contribution in [0.25, 0.3) is 0 Å². The highest BCUT2D eigenvalue weighted by Gasteiger charge is 2.23. The van der Waals surface area contributed by atoms with E-state index in [1.165, 1.54) is 4.88 Å². The number of nitrogens with zero attached hydrogens (tertiary/aromatic N) is 3. The van der Waals surface area contributed by atoms with Crippen LogP contribution in [0.1, 0.15) is 28.5 Å². The quantitative estimate of drug-likeness (QED) is 0.435. The van der Waals surface area contributed by atoms with Crippen LogP contribution in [0, 0.1) is 0 Å². The van der Waals surface area contributed by atoms with Gasteiger partial charge in [-0.3, -0.25) is 0 Å². The first-order valence-electron chi connectivity index (χ1n) is 9.62. The molecular formula is C23H22ClN3OS2. The average Bonchev–Trinajstić information content (AvgIpc) is 3.13. The molecule has 0 bridgehead atoms. The maximum atomic E-state index is 6.13. The molecular weight excluding hydrogens is 434 g/mol. The Labute approximate surface area is 190 Å². The highest BCUT2D eigenvalue weighted by Crippen LogP contribution is 2.37. The van der Waals surface area contributed by atoms with Gasteiger partial charge in [0.2, 0.25) is 0 Å². The van der Waals surface area contributed by atoms with Gasteiger partial charge >= 0.3 is 0 Å². The minimum atomic E-state index is 0.621. The summed E-state index contributed by atoms with van der Waals surface area (Å²) < 4.78 is 5.28. The van der Waals surface area contributed by atoms with Crippen LogP contribution in [-0.4, -0.2) is 29.3 Å². The summed E-state index contributed by atoms with van der Waals surface area (Å²) in [6.07, 6.45) is 3.02. The van der Waals surface area contributed by atoms with Crippen molar-refractivity contribution in [2.75, 3.05) is 13.4 Å². The fraction of sp³-hybridized carbons (Fsp3) is 0.217. The molecule has 0 N–H and O–H groups in total. The second-order valence-electron chi connectivity index (χ2n) is 6.74. The Hall–Kier alpha value is -2.28. The number of aryl methyl sites for hydroxylation is 1. The number of hydrogen-bond acceptors (Lipinski definition) is 6. The Bertz CT molecular complexity index is 1090. The lowest BCUT2D eigenvalue weighted by Crippen LogP contribution is -2.23. The third-order valence-electron chi connectivity index (χ3n) is 4.80. The molecule has 0 saturated carbocycles. The molecule has 0 aliphatic carbocycles. The van der Waals surface area contributed by atoms with Crippen molar-refractivity contribution in [3.63, 3.8) is 0 Å². The number of amidine groups is 1. The number of aliphatic imine (C=N–C) groups is 1. The van der Waals surface area contributed by atoms with E-state index in [0.29, 0.717) is 11.6 Å². The van der Waals surface area contributed by atoms with Crippen LogP contribution in [0.3, 0.4) is 0 Å². The van der Waals surface area contributed by atoms with E-state index in [2.05, 4.69) is 25.1 Å². The monoisotopic (exact) mass is 455 g/mol. The molecule has 30 heavy (non-hydrogen) atoms. The van der Waals surface area contributed by atoms with E-state index >= 15 is 0 Å². The number of thiophene rings is 1. The highest BCUT2D eigenvalue weighted by atomic mass is 35.5. The molecule has 0 spiro atoms. The van der Waals surface area contributed by atoms with Crippen molar-refractivity contribution < 1.29 is 4.74 Å². The van der Waals surface area contributed by atoms with E-state index in [1.807, 2.05) is 47.7 Å². The number of hydrogen-bond donors (Lipinski definition) is 0. The van der Waals surface area contributed by atoms with Gasteiger partial charge in [-0.1, -0.05) is 54.6 Å². The summed E-state index contributed by atoms with van der Waals surface area (Å²) in [5, 5.41) is 9.66. The summed E-state index contributed by atoms with van der Waals surface area (Å²) >= 11 is 9.47. The van der Waals surface area contributed by atoms with Crippen molar-refractivity contribution in [3.8, 4) is 5.75 Å². The molecule has 0 atom stereocenters. The predicted molar refractivity (Wildman–Crippen MR) is 130 cm³/mol. The molecule has 1 aliphatic rings. The SMILES string of the molecule is CCc1cc2c(s1)N=C(SC)N(Cc1ccc(OC)cc1)N=C2c1ccc(Cl)cc1. The Balaban J connectivity index is 1.79. The summed E-state index contributed by atoms with van der Waals surface area (Å²) in [6.45, 7) is 2.79. The summed E-state index contributed by atoms with van der Waals surface area (Å²) in [7, 11) is 1.67. The summed E-state index contributed by atoms with van der Waals surface area (Å²) in [5.74, 6) is 0.841. The normalized spacial score (nSPS) is 13.4. The van der Waals surface area contributed by atoms with Crippen molar-refractivity contribution in [2.45, 2.75) is 19.9 Å². The first-order chi connectivity index (χ1) is 14.6. The summed E-state index contributed by atoms with van der Waals surface area (Å²) in [5.41, 5.74) is 4.15. The lowest BCUT2D eigenvalue weighted by molar-refractivity contribution is 0.413. The van der Waals surface area contributed by atoms with E-state index in [0.717, 1.165) is 44.7 Å². The molecule has 0 amide bonds. The maximum absolute atomic E-state index is 6.13. The van der Waals surface area contributed by atoms with Crippen LogP contribution in [0.5, 0.6) is 5.75 Å². The van der Waals surface area contributed by atoms with Gasteiger partial charge in [-0.2, -0.15) is 5.10 Å². The van der Waals surface area contributed by atoms with Gasteiger partial charge < -0.3 is 4.74 Å². The highest BCUT2D eigenvalue weighted by molar-refractivity contribution is 8.13. The number of hydrazone groups is 1. The summed E-state index contributed by atoms with van der Waals surface area (Å²) in [6, 6.07) is 18.1. The zero-order valence-electron chi connectivity index (χ0n) is 17.1. The number of thioether (sulfide) groups is 1. The summed E-state index contributed by atoms with van der Waals surface area (Å²) in [4.78, 5) is 6.29. The van der Waals surface area contributed by atoms with Gasteiger partial charge in [0.05, 0.1) is 13.7 Å². The minimum Gasteiger partial charge on any atom is -0.497 e. The zero-order chi connectivity index (χ0) is 21.1. The second kappa shape index (κ2) is 9.25. The Kier molecular flexibility index (Phi) is 6.46. The topological polar surface area (TPSA) is 37.2 Å². The molecule has 3 aromatic rings. The molecule has 2 aromatic carbocycles. The molecule has 1 aromatic heterocycles. The molecule has 4 nitrogen and oxygen atoms in total. The number of fused-ring (bicyclic) bond motifs is 1. The van der Waals surface area contributed by atoms with E-state index in [-0.39, 0.29) is 0 Å². The standard InChI is InChI=1S/C23H22ClN3OS2/c1-4-19-13-20-21(16-7-9-17(24)10-8-16)26-27(23(29-3)25-22(20)30-19)14-15-5-11-18(28-2)12-6-15/h5-13H,4,14H2,1-3H3. The molecule has 0 saturated heterocycles. The van der Waals surface area contributed by atoms with Crippen LogP contribution in [-0.2, 0) is 13.0 Å². The van der Waals surface area contributed by atoms with Gasteiger partial charge in [0.25, 0.3) is 0 Å². The van der Waals surface area contributed by atoms with Crippen LogP contribution >= 0.6 is 34.7 Å². The fourth-order valence-corrected chi connectivity index (χ4v) is 4.85. The van der Waals surface area contributed by atoms with Crippen LogP contribution in [0.4, 0.5) is 5.00 Å². The predicted octanol–water partition coefficient (Wildman–Crippen LogP) is 6.59. The largest absolute Gasteiger partial charge is 0.497 e. The van der Waals surface area contributed by atoms with E-state index in [9.17, 15) is 0 Å². The minimum absolute atomic E-state index is 0.621. The Morgan fingerprint density at radius 3 is 2.47 bits per heavy atom. The van der Waals surface area contributed by atoms with E-state index in [1.54, 1.807) is 30.2 Å². The number of ether oxygens (including phenoxy) is 1. The van der Waals surface area contributed by atoms with Gasteiger partial charge in [0, 0.05) is 21.0 Å². The second-order valence-corrected chi connectivity index (χ2v) is 9.07. The Morgan fingerprint density at radius 2 is 1.83 bits per heavy atom. The fourth-order valence-electron chi connectivity index (χ4n) is 3.20. The van der Waals surface area contributed by atoms with Crippen molar-refractivity contribution in [3.05, 3.63) is 81.2 Å². The lowest BCUT2D eigenvalue weighted by atomic mass is 10.0. The lowest BCUT2D eigenvalue weighted by Gasteiger charge is -2.20. The van der Waals surface area contributed by atoms with Crippen LogP contribution < -0.4 is 4.74 Å². The number of methoxy groups -OCH3 is 1. The Morgan fingerprint density at radius 1 is 1.10 bits per heavy atom. The molecule has 1 aliphatic heterocycles. The molecule has 0 radical (unpaired) electrons. The van der Waals surface area contributed by atoms with Crippen molar-refractivity contribution in [1.29, 1.82) is 0 Å². The van der Waals surface area contributed by atoms with Gasteiger partial charge in [0.15, 0.2) is 5.17 Å². The zero-order valence-corrected chi connectivity index (χ0v) is 19.4. The molecule has 0 unspecified atom stereocenters. The van der Waals surface area contributed by atoms with Crippen LogP contribution in [0.2, 0.25) is 5.02 Å². The molecule has 0 fully saturated rings. The average molecular weight is 456 g/mol. The van der Waals surface area contributed by atoms with Crippen molar-refractivity contribution in [1.82, 2.24) is 5.01 Å². The van der Waals surface area contributed by atoms with Gasteiger partial charge in [-0.15, -0.1) is 11.3 Å². The number of halogens is 1.